The maximum atomic E-state index is 12.8. The van der Waals surface area contributed by atoms with Gasteiger partial charge in [0.1, 0.15) is 0 Å². The lowest BCUT2D eigenvalue weighted by Gasteiger charge is -2.34. The fourth-order valence-electron chi connectivity index (χ4n) is 3.20. The molecule has 0 unspecified atom stereocenters. The van der Waals surface area contributed by atoms with E-state index in [2.05, 4.69) is 15.5 Å². The molecule has 0 bridgehead atoms. The van der Waals surface area contributed by atoms with Crippen LogP contribution in [-0.4, -0.2) is 58.1 Å². The van der Waals surface area contributed by atoms with Crippen molar-refractivity contribution in [2.75, 3.05) is 31.5 Å². The van der Waals surface area contributed by atoms with Crippen LogP contribution in [0.3, 0.4) is 0 Å². The molecule has 1 saturated heterocycles. The van der Waals surface area contributed by atoms with Crippen LogP contribution in [0.2, 0.25) is 0 Å². The molecule has 4 rings (SSSR count). The molecule has 0 spiro atoms. The van der Waals surface area contributed by atoms with Crippen molar-refractivity contribution in [2.45, 2.75) is 6.92 Å². The van der Waals surface area contributed by atoms with Gasteiger partial charge in [0.05, 0.1) is 0 Å². The Hall–Kier alpha value is -3.68. The van der Waals surface area contributed by atoms with Gasteiger partial charge >= 0.3 is 6.03 Å². The van der Waals surface area contributed by atoms with E-state index in [1.54, 1.807) is 41.0 Å². The number of amides is 3. The average molecular weight is 391 g/mol. The summed E-state index contributed by atoms with van der Waals surface area (Å²) in [6, 6.07) is 16.3. The molecular weight excluding hydrogens is 370 g/mol. The second kappa shape index (κ2) is 8.14. The Morgan fingerprint density at radius 2 is 1.59 bits per heavy atom. The number of hydrogen-bond acceptors (Lipinski definition) is 5. The van der Waals surface area contributed by atoms with Crippen LogP contribution in [0.4, 0.5) is 10.5 Å². The highest BCUT2D eigenvalue weighted by Crippen LogP contribution is 2.18. The van der Waals surface area contributed by atoms with Gasteiger partial charge in [-0.15, -0.1) is 0 Å². The van der Waals surface area contributed by atoms with E-state index >= 15 is 0 Å². The number of aromatic nitrogens is 2. The zero-order valence-corrected chi connectivity index (χ0v) is 16.0. The number of carbonyl (C=O) groups excluding carboxylic acids is 2. The van der Waals surface area contributed by atoms with Crippen LogP contribution in [0.5, 0.6) is 0 Å². The second-order valence-corrected chi connectivity index (χ2v) is 6.79. The van der Waals surface area contributed by atoms with Crippen LogP contribution in [0.25, 0.3) is 11.4 Å². The molecule has 1 aliphatic rings. The molecule has 1 aliphatic heterocycles. The lowest BCUT2D eigenvalue weighted by Crippen LogP contribution is -2.51. The van der Waals surface area contributed by atoms with E-state index in [1.807, 2.05) is 30.3 Å². The summed E-state index contributed by atoms with van der Waals surface area (Å²) in [6.45, 7) is 3.70. The largest absolute Gasteiger partial charge is 0.339 e. The van der Waals surface area contributed by atoms with Gasteiger partial charge in [-0.1, -0.05) is 35.5 Å². The Kier molecular flexibility index (Phi) is 5.24. The molecule has 0 aliphatic carbocycles. The molecule has 2 heterocycles. The van der Waals surface area contributed by atoms with Gasteiger partial charge in [-0.3, -0.25) is 4.79 Å². The highest BCUT2D eigenvalue weighted by atomic mass is 16.5. The standard InChI is InChI=1S/C21H21N5O3/c1-15-22-19(24-29-15)16-7-9-17(10-8-16)20(27)25-11-13-26(14-12-25)21(28)23-18-5-3-2-4-6-18/h2-10H,11-14H2,1H3,(H,23,28). The molecule has 148 valence electrons. The van der Waals surface area contributed by atoms with Gasteiger partial charge in [-0.2, -0.15) is 4.98 Å². The number of rotatable bonds is 3. The van der Waals surface area contributed by atoms with E-state index in [-0.39, 0.29) is 11.9 Å². The van der Waals surface area contributed by atoms with Gasteiger partial charge in [0.2, 0.25) is 11.7 Å². The number of urea groups is 1. The van der Waals surface area contributed by atoms with Crippen molar-refractivity contribution in [1.29, 1.82) is 0 Å². The summed E-state index contributed by atoms with van der Waals surface area (Å²) in [5, 5.41) is 6.76. The Labute approximate surface area is 168 Å². The summed E-state index contributed by atoms with van der Waals surface area (Å²) in [5.74, 6) is 0.942. The number of benzene rings is 2. The quantitative estimate of drug-likeness (QED) is 0.741. The fraction of sp³-hybridized carbons (Fsp3) is 0.238. The highest BCUT2D eigenvalue weighted by molar-refractivity contribution is 5.95. The number of carbonyl (C=O) groups is 2. The first-order valence-electron chi connectivity index (χ1n) is 9.41. The number of hydrogen-bond donors (Lipinski definition) is 1. The lowest BCUT2D eigenvalue weighted by atomic mass is 10.1. The summed E-state index contributed by atoms with van der Waals surface area (Å²) in [4.78, 5) is 32.8. The molecule has 3 aromatic rings. The van der Waals surface area contributed by atoms with Crippen molar-refractivity contribution in [3.63, 3.8) is 0 Å². The molecule has 3 amide bonds. The van der Waals surface area contributed by atoms with Crippen LogP contribution < -0.4 is 5.32 Å². The number of aryl methyl sites for hydroxylation is 1. The average Bonchev–Trinajstić information content (AvgIpc) is 3.20. The molecule has 1 aromatic heterocycles. The Bertz CT molecular complexity index is 993. The minimum absolute atomic E-state index is 0.0519. The zero-order chi connectivity index (χ0) is 20.2. The summed E-state index contributed by atoms with van der Waals surface area (Å²) < 4.78 is 4.98. The van der Waals surface area contributed by atoms with Crippen LogP contribution in [0.15, 0.2) is 59.1 Å². The third-order valence-corrected chi connectivity index (χ3v) is 4.80. The lowest BCUT2D eigenvalue weighted by molar-refractivity contribution is 0.0671. The van der Waals surface area contributed by atoms with Gasteiger partial charge in [-0.05, 0) is 24.3 Å². The Morgan fingerprint density at radius 3 is 2.21 bits per heavy atom. The Balaban J connectivity index is 1.33. The van der Waals surface area contributed by atoms with Gasteiger partial charge < -0.3 is 19.6 Å². The van der Waals surface area contributed by atoms with Gasteiger partial charge in [0.25, 0.3) is 5.91 Å². The molecule has 1 N–H and O–H groups in total. The van der Waals surface area contributed by atoms with Crippen LogP contribution >= 0.6 is 0 Å². The maximum Gasteiger partial charge on any atom is 0.321 e. The van der Waals surface area contributed by atoms with E-state index in [1.165, 1.54) is 0 Å². The third-order valence-electron chi connectivity index (χ3n) is 4.80. The zero-order valence-electron chi connectivity index (χ0n) is 16.0. The second-order valence-electron chi connectivity index (χ2n) is 6.79. The number of nitrogens with one attached hydrogen (secondary N) is 1. The topological polar surface area (TPSA) is 91.6 Å². The number of anilines is 1. The van der Waals surface area contributed by atoms with Gasteiger partial charge in [0.15, 0.2) is 0 Å². The van der Waals surface area contributed by atoms with E-state index in [0.717, 1.165) is 11.3 Å². The maximum absolute atomic E-state index is 12.8. The number of para-hydroxylation sites is 1. The first kappa shape index (κ1) is 18.7. The van der Waals surface area contributed by atoms with Crippen molar-refractivity contribution >= 4 is 17.6 Å². The number of piperazine rings is 1. The summed E-state index contributed by atoms with van der Waals surface area (Å²) in [6.07, 6.45) is 0. The predicted molar refractivity (Wildman–Crippen MR) is 107 cm³/mol. The smallest absolute Gasteiger partial charge is 0.321 e. The molecule has 0 atom stereocenters. The fourth-order valence-corrected chi connectivity index (χ4v) is 3.20. The van der Waals surface area contributed by atoms with Crippen molar-refractivity contribution in [3.05, 3.63) is 66.1 Å². The molecule has 8 heteroatoms. The van der Waals surface area contributed by atoms with Crippen LogP contribution in [0.1, 0.15) is 16.2 Å². The van der Waals surface area contributed by atoms with E-state index in [0.29, 0.717) is 43.5 Å². The summed E-state index contributed by atoms with van der Waals surface area (Å²) >= 11 is 0. The molecule has 8 nitrogen and oxygen atoms in total. The van der Waals surface area contributed by atoms with Crippen molar-refractivity contribution in [1.82, 2.24) is 19.9 Å². The Morgan fingerprint density at radius 1 is 0.931 bits per heavy atom. The molecule has 2 aromatic carbocycles. The molecule has 0 saturated carbocycles. The monoisotopic (exact) mass is 391 g/mol. The summed E-state index contributed by atoms with van der Waals surface area (Å²) in [7, 11) is 0. The normalized spacial score (nSPS) is 14.0. The van der Waals surface area contributed by atoms with E-state index in [9.17, 15) is 9.59 Å². The van der Waals surface area contributed by atoms with Gasteiger partial charge in [-0.25, -0.2) is 4.79 Å². The molecule has 29 heavy (non-hydrogen) atoms. The number of nitrogens with zero attached hydrogens (tertiary/aromatic N) is 4. The SMILES string of the molecule is Cc1nc(-c2ccc(C(=O)N3CCN(C(=O)Nc4ccccc4)CC3)cc2)no1. The van der Waals surface area contributed by atoms with E-state index in [4.69, 9.17) is 4.52 Å². The van der Waals surface area contributed by atoms with Crippen molar-refractivity contribution in [3.8, 4) is 11.4 Å². The van der Waals surface area contributed by atoms with Crippen molar-refractivity contribution in [2.24, 2.45) is 0 Å². The van der Waals surface area contributed by atoms with Crippen molar-refractivity contribution < 1.29 is 14.1 Å². The first-order valence-corrected chi connectivity index (χ1v) is 9.41. The molecule has 0 radical (unpaired) electrons. The van der Waals surface area contributed by atoms with Crippen LogP contribution in [-0.2, 0) is 0 Å². The predicted octanol–water partition coefficient (Wildman–Crippen LogP) is 3.03. The molecule has 1 fully saturated rings. The van der Waals surface area contributed by atoms with Gasteiger partial charge in [0, 0.05) is 49.9 Å². The minimum atomic E-state index is -0.150. The highest BCUT2D eigenvalue weighted by Gasteiger charge is 2.25. The summed E-state index contributed by atoms with van der Waals surface area (Å²) in [5.41, 5.74) is 2.14. The van der Waals surface area contributed by atoms with E-state index < -0.39 is 0 Å². The minimum Gasteiger partial charge on any atom is -0.339 e. The van der Waals surface area contributed by atoms with Crippen LogP contribution in [0, 0.1) is 6.92 Å². The first-order chi connectivity index (χ1) is 14.1. The molecular formula is C21H21N5O3. The third kappa shape index (κ3) is 4.26.